The molecule has 2 rings (SSSR count). The minimum absolute atomic E-state index is 0.0293. The summed E-state index contributed by atoms with van der Waals surface area (Å²) in [5.74, 6) is -0.270. The molecule has 0 unspecified atom stereocenters. The van der Waals surface area contributed by atoms with Gasteiger partial charge in [-0.15, -0.1) is 0 Å². The largest absolute Gasteiger partial charge is 0.325 e. The Morgan fingerprint density at radius 3 is 2.87 bits per heavy atom. The van der Waals surface area contributed by atoms with Gasteiger partial charge in [0.15, 0.2) is 0 Å². The maximum atomic E-state index is 12.0. The van der Waals surface area contributed by atoms with Crippen molar-refractivity contribution in [1.29, 1.82) is 0 Å². The Bertz CT molecular complexity index is 731. The van der Waals surface area contributed by atoms with Crippen molar-refractivity contribution in [1.82, 2.24) is 14.7 Å². The first kappa shape index (κ1) is 16.9. The van der Waals surface area contributed by atoms with E-state index < -0.39 is 4.92 Å². The second kappa shape index (κ2) is 7.21. The summed E-state index contributed by atoms with van der Waals surface area (Å²) in [5, 5.41) is 17.6. The van der Waals surface area contributed by atoms with Crippen molar-refractivity contribution in [3.63, 3.8) is 0 Å². The first-order chi connectivity index (χ1) is 10.8. The van der Waals surface area contributed by atoms with Crippen LogP contribution in [0.4, 0.5) is 11.4 Å². The molecule has 0 atom stereocenters. The van der Waals surface area contributed by atoms with Gasteiger partial charge in [-0.05, 0) is 19.2 Å². The van der Waals surface area contributed by atoms with E-state index >= 15 is 0 Å². The third-order valence-electron chi connectivity index (χ3n) is 3.05. The van der Waals surface area contributed by atoms with E-state index in [1.807, 2.05) is 18.1 Å². The van der Waals surface area contributed by atoms with Crippen LogP contribution >= 0.6 is 11.6 Å². The fourth-order valence-corrected chi connectivity index (χ4v) is 2.28. The number of likely N-dealkylation sites (N-methyl/N-ethyl adjacent to an activating group) is 1. The number of benzene rings is 1. The van der Waals surface area contributed by atoms with Gasteiger partial charge in [-0.3, -0.25) is 24.5 Å². The van der Waals surface area contributed by atoms with E-state index in [9.17, 15) is 14.9 Å². The van der Waals surface area contributed by atoms with Crippen molar-refractivity contribution in [2.45, 2.75) is 6.54 Å². The van der Waals surface area contributed by atoms with Gasteiger partial charge >= 0.3 is 0 Å². The average molecular weight is 338 g/mol. The predicted molar refractivity (Wildman–Crippen MR) is 86.3 cm³/mol. The number of nitro benzene ring substituents is 1. The number of hydrogen-bond acceptors (Lipinski definition) is 5. The summed E-state index contributed by atoms with van der Waals surface area (Å²) in [4.78, 5) is 24.1. The van der Waals surface area contributed by atoms with Gasteiger partial charge in [0.2, 0.25) is 5.91 Å². The lowest BCUT2D eigenvalue weighted by Crippen LogP contribution is -2.29. The molecule has 1 aromatic heterocycles. The maximum absolute atomic E-state index is 12.0. The Kier molecular flexibility index (Phi) is 5.30. The third-order valence-corrected chi connectivity index (χ3v) is 3.37. The van der Waals surface area contributed by atoms with Crippen LogP contribution in [0.3, 0.4) is 0 Å². The maximum Gasteiger partial charge on any atom is 0.289 e. The number of hydrogen-bond donors (Lipinski definition) is 1. The number of rotatable bonds is 6. The second-order valence-corrected chi connectivity index (χ2v) is 5.57. The molecule has 0 spiro atoms. The molecule has 0 saturated heterocycles. The van der Waals surface area contributed by atoms with Crippen LogP contribution in [0.25, 0.3) is 0 Å². The zero-order valence-electron chi connectivity index (χ0n) is 12.7. The number of amides is 1. The van der Waals surface area contributed by atoms with Crippen LogP contribution in [-0.2, 0) is 18.4 Å². The molecule has 1 aromatic carbocycles. The number of nitro groups is 1. The topological polar surface area (TPSA) is 93.3 Å². The molecule has 0 aliphatic heterocycles. The van der Waals surface area contributed by atoms with Gasteiger partial charge in [0.05, 0.1) is 17.7 Å². The second-order valence-electron chi connectivity index (χ2n) is 5.17. The van der Waals surface area contributed by atoms with E-state index in [0.29, 0.717) is 12.2 Å². The standard InChI is InChI=1S/C14H16ClN5O3/c1-18(7-10-6-16-19(2)8-10)9-14(21)17-11-3-4-12(15)13(5-11)20(22)23/h3-6,8H,7,9H2,1-2H3,(H,17,21). The molecule has 0 saturated carbocycles. The van der Waals surface area contributed by atoms with Crippen LogP contribution < -0.4 is 5.32 Å². The Morgan fingerprint density at radius 1 is 1.52 bits per heavy atom. The summed E-state index contributed by atoms with van der Waals surface area (Å²) in [5.41, 5.74) is 1.08. The zero-order chi connectivity index (χ0) is 17.0. The third kappa shape index (κ3) is 4.76. The molecule has 23 heavy (non-hydrogen) atoms. The van der Waals surface area contributed by atoms with Crippen molar-refractivity contribution in [3.8, 4) is 0 Å². The number of nitrogens with one attached hydrogen (secondary N) is 1. The highest BCUT2D eigenvalue weighted by Crippen LogP contribution is 2.27. The zero-order valence-corrected chi connectivity index (χ0v) is 13.4. The average Bonchev–Trinajstić information content (AvgIpc) is 2.85. The number of halogens is 1. The molecule has 2 aromatic rings. The molecular weight excluding hydrogens is 322 g/mol. The van der Waals surface area contributed by atoms with E-state index in [4.69, 9.17) is 11.6 Å². The van der Waals surface area contributed by atoms with Crippen molar-refractivity contribution in [3.05, 3.63) is 51.3 Å². The van der Waals surface area contributed by atoms with Gasteiger partial charge in [-0.2, -0.15) is 5.10 Å². The summed E-state index contributed by atoms with van der Waals surface area (Å²) in [6, 6.07) is 4.14. The minimum atomic E-state index is -0.591. The quantitative estimate of drug-likeness (QED) is 0.643. The molecule has 1 amide bonds. The fourth-order valence-electron chi connectivity index (χ4n) is 2.10. The first-order valence-electron chi connectivity index (χ1n) is 6.75. The SMILES string of the molecule is CN(CC(=O)Nc1ccc(Cl)c([N+](=O)[O-])c1)Cc1cnn(C)c1. The minimum Gasteiger partial charge on any atom is -0.325 e. The molecular formula is C14H16ClN5O3. The van der Waals surface area contributed by atoms with Gasteiger partial charge in [0.1, 0.15) is 5.02 Å². The van der Waals surface area contributed by atoms with Gasteiger partial charge in [0.25, 0.3) is 5.69 Å². The van der Waals surface area contributed by atoms with Gasteiger partial charge < -0.3 is 5.32 Å². The lowest BCUT2D eigenvalue weighted by atomic mass is 10.2. The summed E-state index contributed by atoms with van der Waals surface area (Å²) in [7, 11) is 3.63. The number of carbonyl (C=O) groups is 1. The van der Waals surface area contributed by atoms with Gasteiger partial charge in [-0.25, -0.2) is 0 Å². The van der Waals surface area contributed by atoms with Crippen molar-refractivity contribution >= 4 is 28.9 Å². The monoisotopic (exact) mass is 337 g/mol. The Hall–Kier alpha value is -2.45. The molecule has 0 radical (unpaired) electrons. The van der Waals surface area contributed by atoms with Gasteiger partial charge in [0, 0.05) is 37.1 Å². The highest BCUT2D eigenvalue weighted by atomic mass is 35.5. The molecule has 0 aliphatic carbocycles. The number of nitrogens with zero attached hydrogens (tertiary/aromatic N) is 4. The van der Waals surface area contributed by atoms with Crippen LogP contribution in [0.5, 0.6) is 0 Å². The highest BCUT2D eigenvalue weighted by Gasteiger charge is 2.14. The van der Waals surface area contributed by atoms with Crippen molar-refractivity contribution in [2.75, 3.05) is 18.9 Å². The van der Waals surface area contributed by atoms with Gasteiger partial charge in [-0.1, -0.05) is 11.6 Å². The molecule has 0 bridgehead atoms. The van der Waals surface area contributed by atoms with E-state index in [1.54, 1.807) is 17.9 Å². The van der Waals surface area contributed by atoms with Crippen molar-refractivity contribution in [2.24, 2.45) is 7.05 Å². The molecule has 0 fully saturated rings. The van der Waals surface area contributed by atoms with E-state index in [1.165, 1.54) is 18.2 Å². The Morgan fingerprint density at radius 2 is 2.26 bits per heavy atom. The number of carbonyl (C=O) groups excluding carboxylic acids is 1. The number of aryl methyl sites for hydroxylation is 1. The van der Waals surface area contributed by atoms with Crippen LogP contribution in [-0.4, -0.2) is 39.1 Å². The normalized spacial score (nSPS) is 10.8. The summed E-state index contributed by atoms with van der Waals surface area (Å²) in [6.07, 6.45) is 3.61. The molecule has 1 heterocycles. The first-order valence-corrected chi connectivity index (χ1v) is 7.13. The molecule has 1 N–H and O–H groups in total. The van der Waals surface area contributed by atoms with E-state index in [-0.39, 0.29) is 23.2 Å². The lowest BCUT2D eigenvalue weighted by molar-refractivity contribution is -0.384. The van der Waals surface area contributed by atoms with Crippen LogP contribution in [0.2, 0.25) is 5.02 Å². The Labute approximate surface area is 137 Å². The smallest absolute Gasteiger partial charge is 0.289 e. The molecule has 9 heteroatoms. The van der Waals surface area contributed by atoms with E-state index in [2.05, 4.69) is 10.4 Å². The summed E-state index contributed by atoms with van der Waals surface area (Å²) < 4.78 is 1.69. The molecule has 122 valence electrons. The predicted octanol–water partition coefficient (Wildman–Crippen LogP) is 2.05. The highest BCUT2D eigenvalue weighted by molar-refractivity contribution is 6.32. The van der Waals surface area contributed by atoms with E-state index in [0.717, 1.165) is 5.56 Å². The Balaban J connectivity index is 1.94. The molecule has 0 aliphatic rings. The van der Waals surface area contributed by atoms with Crippen molar-refractivity contribution < 1.29 is 9.72 Å². The number of anilines is 1. The van der Waals surface area contributed by atoms with Crippen LogP contribution in [0.1, 0.15) is 5.56 Å². The fraction of sp³-hybridized carbons (Fsp3) is 0.286. The summed E-state index contributed by atoms with van der Waals surface area (Å²) in [6.45, 7) is 0.716. The lowest BCUT2D eigenvalue weighted by Gasteiger charge is -2.15. The molecule has 8 nitrogen and oxygen atoms in total. The number of aromatic nitrogens is 2. The van der Waals surface area contributed by atoms with Crippen LogP contribution in [0.15, 0.2) is 30.6 Å². The summed E-state index contributed by atoms with van der Waals surface area (Å²) >= 11 is 5.73. The van der Waals surface area contributed by atoms with Crippen LogP contribution in [0, 0.1) is 10.1 Å².